The van der Waals surface area contributed by atoms with Gasteiger partial charge in [0.25, 0.3) is 5.56 Å². The third-order valence-electron chi connectivity index (χ3n) is 6.95. The molecule has 1 N–H and O–H groups in total. The highest BCUT2D eigenvalue weighted by atomic mass is 19.1. The molecule has 0 bridgehead atoms. The van der Waals surface area contributed by atoms with E-state index in [9.17, 15) is 14.7 Å². The van der Waals surface area contributed by atoms with Gasteiger partial charge in [-0.2, -0.15) is 0 Å². The molecule has 5 rings (SSSR count). The lowest BCUT2D eigenvalue weighted by atomic mass is 9.87. The number of carboxylic acids is 1. The molecule has 0 radical (unpaired) electrons. The van der Waals surface area contributed by atoms with Gasteiger partial charge in [-0.1, -0.05) is 12.1 Å². The van der Waals surface area contributed by atoms with Gasteiger partial charge < -0.3 is 23.6 Å². The zero-order chi connectivity index (χ0) is 27.4. The van der Waals surface area contributed by atoms with Crippen molar-refractivity contribution in [2.24, 2.45) is 7.05 Å². The molecule has 0 spiro atoms. The van der Waals surface area contributed by atoms with Crippen molar-refractivity contribution in [3.05, 3.63) is 75.9 Å². The van der Waals surface area contributed by atoms with E-state index in [1.54, 1.807) is 51.5 Å². The van der Waals surface area contributed by atoms with E-state index < -0.39 is 23.5 Å². The lowest BCUT2D eigenvalue weighted by molar-refractivity contribution is -0.161. The van der Waals surface area contributed by atoms with Gasteiger partial charge in [-0.25, -0.2) is 9.18 Å². The number of halogens is 1. The number of hydrogen-bond acceptors (Lipinski definition) is 5. The molecular weight excluding hydrogens is 489 g/mol. The molecule has 1 atom stereocenters. The van der Waals surface area contributed by atoms with E-state index in [0.29, 0.717) is 34.9 Å². The van der Waals surface area contributed by atoms with Crippen LogP contribution in [0.3, 0.4) is 0 Å². The number of fused-ring (bicyclic) bond motifs is 2. The average Bonchev–Trinajstić information content (AvgIpc) is 3.41. The predicted molar refractivity (Wildman–Crippen MR) is 142 cm³/mol. The molecule has 0 fully saturated rings. The summed E-state index contributed by atoms with van der Waals surface area (Å²) in [7, 11) is 1.53. The number of rotatable bonds is 5. The van der Waals surface area contributed by atoms with Crippen molar-refractivity contribution in [1.82, 2.24) is 4.57 Å². The summed E-state index contributed by atoms with van der Waals surface area (Å²) in [4.78, 5) is 26.3. The summed E-state index contributed by atoms with van der Waals surface area (Å²) in [6, 6.07) is 8.54. The molecule has 2 aromatic heterocycles. The van der Waals surface area contributed by atoms with Gasteiger partial charge in [0.05, 0.1) is 30.4 Å². The Labute approximate surface area is 219 Å². The van der Waals surface area contributed by atoms with Crippen LogP contribution in [0.15, 0.2) is 52.1 Å². The number of carbonyl (C=O) groups is 1. The Bertz CT molecular complexity index is 1610. The lowest BCUT2D eigenvalue weighted by Gasteiger charge is -2.29. The third kappa shape index (κ3) is 4.39. The van der Waals surface area contributed by atoms with Crippen LogP contribution < -0.4 is 10.3 Å². The number of furan rings is 1. The first kappa shape index (κ1) is 25.7. The Morgan fingerprint density at radius 3 is 2.58 bits per heavy atom. The van der Waals surface area contributed by atoms with Crippen molar-refractivity contribution in [2.45, 2.75) is 52.2 Å². The SMILES string of the molecule is Cc1c(-c2c([C@H](OC(C)(C)C)C(=O)O)n(C)c(=O)c3cc(-c4ccoc4)ccc23)cc(F)c2c1CCCO2. The molecule has 1 aliphatic heterocycles. The van der Waals surface area contributed by atoms with Crippen LogP contribution in [0.2, 0.25) is 0 Å². The van der Waals surface area contributed by atoms with E-state index in [-0.39, 0.29) is 17.0 Å². The zero-order valence-corrected chi connectivity index (χ0v) is 22.1. The molecule has 0 aliphatic carbocycles. The fraction of sp³-hybridized carbons (Fsp3) is 0.333. The van der Waals surface area contributed by atoms with E-state index in [1.165, 1.54) is 17.7 Å². The highest BCUT2D eigenvalue weighted by molar-refractivity contribution is 6.01. The quantitative estimate of drug-likeness (QED) is 0.339. The van der Waals surface area contributed by atoms with Crippen molar-refractivity contribution in [1.29, 1.82) is 0 Å². The molecule has 0 amide bonds. The van der Waals surface area contributed by atoms with Crippen molar-refractivity contribution >= 4 is 16.7 Å². The van der Waals surface area contributed by atoms with Gasteiger partial charge >= 0.3 is 5.97 Å². The zero-order valence-electron chi connectivity index (χ0n) is 22.1. The van der Waals surface area contributed by atoms with E-state index in [4.69, 9.17) is 13.9 Å². The van der Waals surface area contributed by atoms with Crippen molar-refractivity contribution in [3.8, 4) is 28.0 Å². The molecule has 1 aliphatic rings. The van der Waals surface area contributed by atoms with Crippen molar-refractivity contribution < 1.29 is 28.2 Å². The largest absolute Gasteiger partial charge is 0.490 e. The minimum absolute atomic E-state index is 0.153. The van der Waals surface area contributed by atoms with Gasteiger partial charge in [0.15, 0.2) is 17.7 Å². The monoisotopic (exact) mass is 519 g/mol. The maximum Gasteiger partial charge on any atom is 0.339 e. The number of hydrogen-bond donors (Lipinski definition) is 1. The van der Waals surface area contributed by atoms with Crippen molar-refractivity contribution in [2.75, 3.05) is 6.61 Å². The minimum atomic E-state index is -1.48. The highest BCUT2D eigenvalue weighted by Gasteiger charge is 2.34. The molecule has 0 saturated carbocycles. The van der Waals surface area contributed by atoms with Crippen LogP contribution in [0.1, 0.15) is 50.1 Å². The average molecular weight is 520 g/mol. The number of aliphatic carboxylic acids is 1. The molecule has 0 saturated heterocycles. The standard InChI is InChI=1S/C30H30FNO6/c1-16-19-7-6-11-37-26(19)23(31)14-21(16)24-20-9-8-17(18-10-12-36-15-18)13-22(20)28(33)32(5)25(24)27(29(34)35)38-30(2,3)4/h8-10,12-15,27H,6-7,11H2,1-5H3,(H,34,35)/t27-/m0/s1. The summed E-state index contributed by atoms with van der Waals surface area (Å²) >= 11 is 0. The molecule has 3 heterocycles. The van der Waals surface area contributed by atoms with Gasteiger partial charge in [-0.3, -0.25) is 4.79 Å². The van der Waals surface area contributed by atoms with Gasteiger partial charge in [0.2, 0.25) is 0 Å². The Morgan fingerprint density at radius 2 is 1.92 bits per heavy atom. The molecule has 0 unspecified atom stereocenters. The van der Waals surface area contributed by atoms with Crippen LogP contribution in [-0.4, -0.2) is 27.9 Å². The van der Waals surface area contributed by atoms with Crippen LogP contribution in [0, 0.1) is 12.7 Å². The number of carboxylic acid groups (broad SMARTS) is 1. The Morgan fingerprint density at radius 1 is 1.16 bits per heavy atom. The van der Waals surface area contributed by atoms with E-state index in [1.807, 2.05) is 13.0 Å². The number of nitrogens with zero attached hydrogens (tertiary/aromatic N) is 1. The molecular formula is C30H30FNO6. The summed E-state index contributed by atoms with van der Waals surface area (Å²) in [6.07, 6.45) is 3.04. The second-order valence-electron chi connectivity index (χ2n) is 10.6. The van der Waals surface area contributed by atoms with Crippen LogP contribution in [0.5, 0.6) is 5.75 Å². The molecule has 2 aromatic carbocycles. The highest BCUT2D eigenvalue weighted by Crippen LogP contribution is 2.43. The number of pyridine rings is 1. The molecule has 7 nitrogen and oxygen atoms in total. The fourth-order valence-corrected chi connectivity index (χ4v) is 5.23. The van der Waals surface area contributed by atoms with Crippen LogP contribution >= 0.6 is 0 Å². The summed E-state index contributed by atoms with van der Waals surface area (Å²) in [6.45, 7) is 7.57. The first-order valence-electron chi connectivity index (χ1n) is 12.5. The molecule has 8 heteroatoms. The summed E-state index contributed by atoms with van der Waals surface area (Å²) in [5.41, 5.74) is 2.98. The minimum Gasteiger partial charge on any atom is -0.490 e. The summed E-state index contributed by atoms with van der Waals surface area (Å²) in [5.74, 6) is -1.53. The first-order chi connectivity index (χ1) is 18.0. The van der Waals surface area contributed by atoms with E-state index in [2.05, 4.69) is 0 Å². The topological polar surface area (TPSA) is 90.9 Å². The second-order valence-corrected chi connectivity index (χ2v) is 10.6. The number of benzene rings is 2. The Kier molecular flexibility index (Phi) is 6.39. The van der Waals surface area contributed by atoms with Gasteiger partial charge in [-0.05, 0) is 80.8 Å². The lowest BCUT2D eigenvalue weighted by Crippen LogP contribution is -2.33. The Hall–Kier alpha value is -3.91. The predicted octanol–water partition coefficient (Wildman–Crippen LogP) is 6.18. The summed E-state index contributed by atoms with van der Waals surface area (Å²) in [5, 5.41) is 11.2. The molecule has 38 heavy (non-hydrogen) atoms. The smallest absolute Gasteiger partial charge is 0.339 e. The maximum atomic E-state index is 15.4. The maximum absolute atomic E-state index is 15.4. The van der Waals surface area contributed by atoms with Gasteiger partial charge in [-0.15, -0.1) is 0 Å². The third-order valence-corrected chi connectivity index (χ3v) is 6.95. The van der Waals surface area contributed by atoms with Gasteiger partial charge in [0, 0.05) is 29.1 Å². The van der Waals surface area contributed by atoms with E-state index >= 15 is 4.39 Å². The van der Waals surface area contributed by atoms with Crippen LogP contribution in [0.25, 0.3) is 33.0 Å². The fourth-order valence-electron chi connectivity index (χ4n) is 5.23. The summed E-state index contributed by atoms with van der Waals surface area (Å²) < 4.78 is 33.6. The molecule has 198 valence electrons. The number of aromatic nitrogens is 1. The molecule has 4 aromatic rings. The Balaban J connectivity index is 1.91. The van der Waals surface area contributed by atoms with E-state index in [0.717, 1.165) is 28.7 Å². The second kappa shape index (κ2) is 9.44. The first-order valence-corrected chi connectivity index (χ1v) is 12.5. The normalized spacial score (nSPS) is 14.3. The van der Waals surface area contributed by atoms with Crippen LogP contribution in [-0.2, 0) is 23.0 Å². The van der Waals surface area contributed by atoms with Crippen LogP contribution in [0.4, 0.5) is 4.39 Å². The van der Waals surface area contributed by atoms with Crippen molar-refractivity contribution in [3.63, 3.8) is 0 Å². The number of ether oxygens (including phenoxy) is 2. The van der Waals surface area contributed by atoms with Gasteiger partial charge in [0.1, 0.15) is 0 Å².